The molecule has 2 rings (SSSR count). The second kappa shape index (κ2) is 11.7. The molecular weight excluding hydrogens is 374 g/mol. The summed E-state index contributed by atoms with van der Waals surface area (Å²) < 4.78 is 0. The van der Waals surface area contributed by atoms with E-state index >= 15 is 0 Å². The number of rotatable bonds is 10. The number of guanidine groups is 1. The summed E-state index contributed by atoms with van der Waals surface area (Å²) in [7, 11) is 0. The molecule has 0 atom stereocenters. The molecule has 1 heterocycles. The molecule has 2 N–H and O–H groups in total. The highest BCUT2D eigenvalue weighted by Crippen LogP contribution is 2.14. The van der Waals surface area contributed by atoms with Crippen LogP contribution in [-0.2, 0) is 0 Å². The van der Waals surface area contributed by atoms with Gasteiger partial charge >= 0.3 is 0 Å². The van der Waals surface area contributed by atoms with Crippen LogP contribution in [0.4, 0.5) is 5.69 Å². The minimum Gasteiger partial charge on any atom is -0.369 e. The van der Waals surface area contributed by atoms with E-state index in [-0.39, 0.29) is 11.7 Å². The van der Waals surface area contributed by atoms with Crippen molar-refractivity contribution in [2.24, 2.45) is 10.7 Å². The number of aliphatic imine (C=N–C) groups is 1. The highest BCUT2D eigenvalue weighted by molar-refractivity contribution is 6.30. The second-order valence-electron chi connectivity index (χ2n) is 6.33. The fraction of sp³-hybridized carbons (Fsp3) is 0.333. The largest absolute Gasteiger partial charge is 0.369 e. The molecule has 0 aliphatic carbocycles. The number of unbranched alkanes of at least 4 members (excludes halogenated alkanes) is 4. The molecule has 0 unspecified atom stereocenters. The Morgan fingerprint density at radius 2 is 1.71 bits per heavy atom. The first-order chi connectivity index (χ1) is 13.6. The Kier molecular flexibility index (Phi) is 8.96. The van der Waals surface area contributed by atoms with Gasteiger partial charge < -0.3 is 5.73 Å². The minimum absolute atomic E-state index is 0.154. The SMILES string of the molecule is N#CN(C(N)=NCCCCCCCC(=O)c1ccc(Cl)cc1)c1ccncc1. The van der Waals surface area contributed by atoms with Crippen LogP contribution in [0.5, 0.6) is 0 Å². The van der Waals surface area contributed by atoms with E-state index in [9.17, 15) is 10.1 Å². The number of nitriles is 1. The molecule has 2 aromatic rings. The highest BCUT2D eigenvalue weighted by atomic mass is 35.5. The first-order valence-electron chi connectivity index (χ1n) is 9.30. The van der Waals surface area contributed by atoms with Crippen LogP contribution in [0, 0.1) is 11.5 Å². The summed E-state index contributed by atoms with van der Waals surface area (Å²) in [6.07, 6.45) is 10.6. The van der Waals surface area contributed by atoms with Crippen molar-refractivity contribution in [3.63, 3.8) is 0 Å². The van der Waals surface area contributed by atoms with E-state index in [2.05, 4.69) is 9.98 Å². The van der Waals surface area contributed by atoms with Gasteiger partial charge in [0, 0.05) is 35.9 Å². The van der Waals surface area contributed by atoms with Crippen molar-refractivity contribution in [2.45, 2.75) is 38.5 Å². The molecule has 28 heavy (non-hydrogen) atoms. The standard InChI is InChI=1S/C21H24ClN5O/c22-18-9-7-17(8-10-18)20(28)6-4-2-1-3-5-13-26-21(24)27(16-23)19-11-14-25-15-12-19/h7-12,14-15H,1-6,13H2,(H2,24,26). The lowest BCUT2D eigenvalue weighted by molar-refractivity contribution is 0.0979. The van der Waals surface area contributed by atoms with Gasteiger partial charge in [-0.15, -0.1) is 0 Å². The summed E-state index contributed by atoms with van der Waals surface area (Å²) in [5, 5.41) is 9.89. The lowest BCUT2D eigenvalue weighted by Crippen LogP contribution is -2.33. The number of anilines is 1. The van der Waals surface area contributed by atoms with Crippen LogP contribution in [0.1, 0.15) is 48.9 Å². The monoisotopic (exact) mass is 397 g/mol. The van der Waals surface area contributed by atoms with Gasteiger partial charge in [0.1, 0.15) is 0 Å². The van der Waals surface area contributed by atoms with Gasteiger partial charge in [0.25, 0.3) is 0 Å². The van der Waals surface area contributed by atoms with E-state index in [4.69, 9.17) is 17.3 Å². The third kappa shape index (κ3) is 7.01. The van der Waals surface area contributed by atoms with E-state index in [0.717, 1.165) is 32.1 Å². The second-order valence-corrected chi connectivity index (χ2v) is 6.77. The van der Waals surface area contributed by atoms with Crippen LogP contribution in [0.15, 0.2) is 53.8 Å². The van der Waals surface area contributed by atoms with Crippen molar-refractivity contribution in [2.75, 3.05) is 11.4 Å². The molecule has 0 bridgehead atoms. The maximum atomic E-state index is 12.1. The van der Waals surface area contributed by atoms with Gasteiger partial charge in [-0.3, -0.25) is 14.8 Å². The normalized spacial score (nSPS) is 11.1. The number of pyridine rings is 1. The van der Waals surface area contributed by atoms with E-state index in [1.165, 1.54) is 4.90 Å². The summed E-state index contributed by atoms with van der Waals surface area (Å²) in [5.74, 6) is 0.337. The predicted octanol–water partition coefficient (Wildman–Crippen LogP) is 4.56. The van der Waals surface area contributed by atoms with Gasteiger partial charge in [-0.2, -0.15) is 5.26 Å². The van der Waals surface area contributed by atoms with Crippen LogP contribution in [0.2, 0.25) is 5.02 Å². The zero-order chi connectivity index (χ0) is 20.2. The van der Waals surface area contributed by atoms with E-state index < -0.39 is 0 Å². The van der Waals surface area contributed by atoms with Crippen LogP contribution < -0.4 is 10.6 Å². The van der Waals surface area contributed by atoms with Crippen molar-refractivity contribution >= 4 is 29.0 Å². The molecule has 0 aliphatic heterocycles. The molecule has 7 heteroatoms. The molecule has 0 fully saturated rings. The zero-order valence-corrected chi connectivity index (χ0v) is 16.5. The van der Waals surface area contributed by atoms with E-state index in [1.807, 2.05) is 6.19 Å². The van der Waals surface area contributed by atoms with Crippen molar-refractivity contribution < 1.29 is 4.79 Å². The Labute approximate surface area is 170 Å². The Hall–Kier alpha value is -2.91. The van der Waals surface area contributed by atoms with Gasteiger partial charge in [0.15, 0.2) is 12.0 Å². The molecule has 0 radical (unpaired) electrons. The maximum absolute atomic E-state index is 12.1. The predicted molar refractivity (Wildman–Crippen MR) is 112 cm³/mol. The molecule has 146 valence electrons. The number of ketones is 1. The van der Waals surface area contributed by atoms with Crippen LogP contribution >= 0.6 is 11.6 Å². The van der Waals surface area contributed by atoms with Crippen LogP contribution in [-0.4, -0.2) is 23.3 Å². The third-order valence-corrected chi connectivity index (χ3v) is 4.50. The molecule has 0 amide bonds. The maximum Gasteiger partial charge on any atom is 0.209 e. The number of nitrogens with zero attached hydrogens (tertiary/aromatic N) is 4. The molecule has 1 aromatic carbocycles. The summed E-state index contributed by atoms with van der Waals surface area (Å²) in [4.78, 5) is 21.5. The Morgan fingerprint density at radius 3 is 2.39 bits per heavy atom. The van der Waals surface area contributed by atoms with Crippen molar-refractivity contribution in [1.29, 1.82) is 5.26 Å². The van der Waals surface area contributed by atoms with Crippen LogP contribution in [0.3, 0.4) is 0 Å². The average Bonchev–Trinajstić information content (AvgIpc) is 2.71. The molecular formula is C21H24ClN5O. The van der Waals surface area contributed by atoms with E-state index in [0.29, 0.717) is 29.2 Å². The first-order valence-corrected chi connectivity index (χ1v) is 9.68. The number of carbonyl (C=O) groups excluding carboxylic acids is 1. The molecule has 1 aromatic heterocycles. The highest BCUT2D eigenvalue weighted by Gasteiger charge is 2.09. The molecule has 0 saturated carbocycles. The molecule has 0 aliphatic rings. The topological polar surface area (TPSA) is 95.4 Å². The smallest absolute Gasteiger partial charge is 0.209 e. The summed E-state index contributed by atoms with van der Waals surface area (Å²) in [5.41, 5.74) is 7.26. The van der Waals surface area contributed by atoms with Gasteiger partial charge in [0.05, 0.1) is 5.69 Å². The quantitative estimate of drug-likeness (QED) is 0.158. The summed E-state index contributed by atoms with van der Waals surface area (Å²) >= 11 is 5.83. The first kappa shape index (κ1) is 21.4. The molecule has 0 saturated heterocycles. The Bertz CT molecular complexity index is 815. The average molecular weight is 398 g/mol. The fourth-order valence-corrected chi connectivity index (χ4v) is 2.83. The van der Waals surface area contributed by atoms with Gasteiger partial charge in [-0.05, 0) is 49.2 Å². The third-order valence-electron chi connectivity index (χ3n) is 4.25. The number of Topliss-reactive ketones (excluding diaryl/α,β-unsaturated/α-hetero) is 1. The summed E-state index contributed by atoms with van der Waals surface area (Å²) in [6.45, 7) is 0.568. The molecule has 6 nitrogen and oxygen atoms in total. The lowest BCUT2D eigenvalue weighted by atomic mass is 10.0. The number of hydrogen-bond donors (Lipinski definition) is 1. The number of halogens is 1. The summed E-state index contributed by atoms with van der Waals surface area (Å²) in [6, 6.07) is 10.4. The van der Waals surface area contributed by atoms with Crippen LogP contribution in [0.25, 0.3) is 0 Å². The lowest BCUT2D eigenvalue weighted by Gasteiger charge is -2.13. The van der Waals surface area contributed by atoms with Crippen molar-refractivity contribution in [1.82, 2.24) is 4.98 Å². The van der Waals surface area contributed by atoms with Crippen molar-refractivity contribution in [3.8, 4) is 6.19 Å². The zero-order valence-electron chi connectivity index (χ0n) is 15.7. The fourth-order valence-electron chi connectivity index (χ4n) is 2.71. The Balaban J connectivity index is 1.61. The van der Waals surface area contributed by atoms with Gasteiger partial charge in [-0.25, -0.2) is 4.90 Å². The van der Waals surface area contributed by atoms with Gasteiger partial charge in [-0.1, -0.05) is 30.9 Å². The minimum atomic E-state index is 0.154. The van der Waals surface area contributed by atoms with E-state index in [1.54, 1.807) is 48.8 Å². The number of hydrogen-bond acceptors (Lipinski definition) is 4. The number of carbonyl (C=O) groups is 1. The van der Waals surface area contributed by atoms with Crippen molar-refractivity contribution in [3.05, 3.63) is 59.4 Å². The number of aromatic nitrogens is 1. The Morgan fingerprint density at radius 1 is 1.07 bits per heavy atom. The van der Waals surface area contributed by atoms with Gasteiger partial charge in [0.2, 0.25) is 5.96 Å². The number of nitrogens with two attached hydrogens (primary N) is 1. The number of benzene rings is 1. The molecule has 0 spiro atoms.